The van der Waals surface area contributed by atoms with Gasteiger partial charge in [0, 0.05) is 27.1 Å². The lowest BCUT2D eigenvalue weighted by molar-refractivity contribution is -0.307. The molecule has 1 N–H and O–H groups in total. The molecule has 35 heavy (non-hydrogen) atoms. The normalized spacial score (nSPS) is 32.2. The second kappa shape index (κ2) is 11.1. The van der Waals surface area contributed by atoms with Crippen LogP contribution in [0.1, 0.15) is 54.9 Å². The highest BCUT2D eigenvalue weighted by Gasteiger charge is 2.59. The number of carbonyl (C=O) groups is 2. The molecule has 0 aliphatic carbocycles. The summed E-state index contributed by atoms with van der Waals surface area (Å²) in [4.78, 5) is 25.4. The third kappa shape index (κ3) is 6.82. The van der Waals surface area contributed by atoms with Gasteiger partial charge in [0.25, 0.3) is 5.79 Å². The fraction of sp³-hybridized carbons (Fsp3) is 0.917. The molecular formula is C24H45NO9Si. The second-order valence-electron chi connectivity index (χ2n) is 11.2. The Kier molecular flexibility index (Phi) is 9.58. The molecule has 10 nitrogen and oxygen atoms in total. The summed E-state index contributed by atoms with van der Waals surface area (Å²) in [5, 5.41) is 2.89. The Labute approximate surface area is 210 Å². The Balaban J connectivity index is 2.61. The van der Waals surface area contributed by atoms with Crippen molar-refractivity contribution in [2.75, 3.05) is 27.4 Å². The number of ether oxygens (including phenoxy) is 6. The number of methoxy groups -OCH3 is 2. The molecule has 0 aromatic carbocycles. The van der Waals surface area contributed by atoms with Crippen LogP contribution in [-0.4, -0.2) is 89.7 Å². The van der Waals surface area contributed by atoms with Gasteiger partial charge in [0.1, 0.15) is 18.3 Å². The molecule has 0 aromatic heterocycles. The van der Waals surface area contributed by atoms with E-state index < -0.39 is 56.3 Å². The van der Waals surface area contributed by atoms with Gasteiger partial charge in [0.15, 0.2) is 14.1 Å². The minimum absolute atomic E-state index is 0.0382. The third-order valence-electron chi connectivity index (χ3n) is 7.08. The zero-order chi connectivity index (χ0) is 26.8. The van der Waals surface area contributed by atoms with Crippen LogP contribution < -0.4 is 5.32 Å². The van der Waals surface area contributed by atoms with Crippen molar-refractivity contribution in [3.8, 4) is 0 Å². The van der Waals surface area contributed by atoms with Gasteiger partial charge in [-0.2, -0.15) is 0 Å². The first-order valence-electron chi connectivity index (χ1n) is 12.2. The summed E-state index contributed by atoms with van der Waals surface area (Å²) in [7, 11) is 0.318. The second-order valence-corrected chi connectivity index (χ2v) is 15.9. The van der Waals surface area contributed by atoms with Gasteiger partial charge >= 0.3 is 5.97 Å². The van der Waals surface area contributed by atoms with Gasteiger partial charge < -0.3 is 38.2 Å². The van der Waals surface area contributed by atoms with Crippen LogP contribution in [-0.2, 0) is 42.4 Å². The quantitative estimate of drug-likeness (QED) is 0.363. The number of hydrogen-bond donors (Lipinski definition) is 1. The first kappa shape index (κ1) is 30.1. The van der Waals surface area contributed by atoms with Gasteiger partial charge in [-0.25, -0.2) is 4.79 Å². The zero-order valence-corrected chi connectivity index (χ0v) is 24.2. The largest absolute Gasteiger partial charge is 0.465 e. The Bertz CT molecular complexity index is 754. The van der Waals surface area contributed by atoms with Crippen molar-refractivity contribution in [2.45, 2.75) is 115 Å². The fourth-order valence-corrected chi connectivity index (χ4v) is 5.62. The van der Waals surface area contributed by atoms with E-state index in [0.29, 0.717) is 6.61 Å². The van der Waals surface area contributed by atoms with E-state index in [0.717, 1.165) is 0 Å². The van der Waals surface area contributed by atoms with Crippen molar-refractivity contribution < 1.29 is 42.4 Å². The lowest BCUT2D eigenvalue weighted by atomic mass is 9.88. The van der Waals surface area contributed by atoms with E-state index in [-0.39, 0.29) is 24.0 Å². The van der Waals surface area contributed by atoms with Gasteiger partial charge in [-0.3, -0.25) is 4.79 Å². The van der Waals surface area contributed by atoms with E-state index in [1.165, 1.54) is 21.1 Å². The van der Waals surface area contributed by atoms with E-state index in [4.69, 9.17) is 32.8 Å². The van der Waals surface area contributed by atoms with Crippen LogP contribution in [0.25, 0.3) is 0 Å². The third-order valence-corrected chi connectivity index (χ3v) is 11.6. The topological polar surface area (TPSA) is 111 Å². The summed E-state index contributed by atoms with van der Waals surface area (Å²) in [6, 6.07) is -0.640. The summed E-state index contributed by atoms with van der Waals surface area (Å²) in [5.41, 5.74) is 0. The number of carbonyl (C=O) groups excluding carboxylic acids is 2. The minimum atomic E-state index is -2.35. The number of amides is 1. The fourth-order valence-electron chi connectivity index (χ4n) is 4.28. The highest BCUT2D eigenvalue weighted by atomic mass is 28.4. The Morgan fingerprint density at radius 3 is 2.23 bits per heavy atom. The zero-order valence-electron chi connectivity index (χ0n) is 23.2. The summed E-state index contributed by atoms with van der Waals surface area (Å²) in [6.45, 7) is 18.2. The van der Waals surface area contributed by atoms with Crippen LogP contribution in [0.3, 0.4) is 0 Å². The van der Waals surface area contributed by atoms with Crippen molar-refractivity contribution in [2.24, 2.45) is 0 Å². The van der Waals surface area contributed by atoms with Crippen LogP contribution >= 0.6 is 0 Å². The van der Waals surface area contributed by atoms with E-state index >= 15 is 0 Å². The molecule has 2 aliphatic rings. The van der Waals surface area contributed by atoms with Crippen LogP contribution in [0, 0.1) is 0 Å². The molecule has 0 saturated carbocycles. The molecule has 0 unspecified atom stereocenters. The highest BCUT2D eigenvalue weighted by molar-refractivity contribution is 6.74. The molecule has 6 atom stereocenters. The summed E-state index contributed by atoms with van der Waals surface area (Å²) >= 11 is 0. The molecule has 0 bridgehead atoms. The van der Waals surface area contributed by atoms with Crippen LogP contribution in [0.5, 0.6) is 0 Å². The molecule has 2 rings (SSSR count). The van der Waals surface area contributed by atoms with Crippen LogP contribution in [0.2, 0.25) is 18.1 Å². The molecule has 2 saturated heterocycles. The Hall–Kier alpha value is -1.08. The molecule has 1 amide bonds. The molecule has 204 valence electrons. The van der Waals surface area contributed by atoms with Crippen molar-refractivity contribution in [1.82, 2.24) is 5.32 Å². The van der Waals surface area contributed by atoms with E-state index in [9.17, 15) is 9.59 Å². The molecular weight excluding hydrogens is 474 g/mol. The first-order valence-corrected chi connectivity index (χ1v) is 15.1. The van der Waals surface area contributed by atoms with Crippen LogP contribution in [0.4, 0.5) is 0 Å². The maximum Gasteiger partial charge on any atom is 0.366 e. The van der Waals surface area contributed by atoms with Crippen LogP contribution in [0.15, 0.2) is 0 Å². The Morgan fingerprint density at radius 1 is 1.17 bits per heavy atom. The molecule has 0 radical (unpaired) electrons. The summed E-state index contributed by atoms with van der Waals surface area (Å²) in [5.74, 6) is -3.49. The standard InChI is InChI=1S/C24H45NO9Si/c1-12-30-19(17-14-31-23(6,7)32-17)20-18(25-15(2)26)16(34-35(10,11)22(3,4)5)13-24(29-9,33-20)21(27)28-8/h16-20H,12-14H2,1-11H3,(H,25,26)/t16-,17+,18+,19+,20+,24-/m0/s1. The number of rotatable bonds is 9. The molecule has 0 spiro atoms. The lowest BCUT2D eigenvalue weighted by Gasteiger charge is -2.51. The summed E-state index contributed by atoms with van der Waals surface area (Å²) in [6.07, 6.45) is -2.63. The highest BCUT2D eigenvalue weighted by Crippen LogP contribution is 2.43. The molecule has 2 heterocycles. The predicted octanol–water partition coefficient (Wildman–Crippen LogP) is 2.74. The van der Waals surface area contributed by atoms with Crippen molar-refractivity contribution in [1.29, 1.82) is 0 Å². The first-order chi connectivity index (χ1) is 16.0. The predicted molar refractivity (Wildman–Crippen MR) is 131 cm³/mol. The van der Waals surface area contributed by atoms with Crippen molar-refractivity contribution in [3.05, 3.63) is 0 Å². The molecule has 2 fully saturated rings. The van der Waals surface area contributed by atoms with E-state index in [1.54, 1.807) is 0 Å². The minimum Gasteiger partial charge on any atom is -0.465 e. The number of hydrogen-bond acceptors (Lipinski definition) is 9. The van der Waals surface area contributed by atoms with Crippen molar-refractivity contribution in [3.63, 3.8) is 0 Å². The van der Waals surface area contributed by atoms with E-state index in [2.05, 4.69) is 39.2 Å². The van der Waals surface area contributed by atoms with Gasteiger partial charge in [-0.15, -0.1) is 0 Å². The monoisotopic (exact) mass is 519 g/mol. The molecule has 0 aromatic rings. The maximum absolute atomic E-state index is 13.0. The number of nitrogens with one attached hydrogen (secondary N) is 1. The number of esters is 1. The SMILES string of the molecule is CCO[C@@H]([C@@H]1O[C@](OC)(C(=O)OC)C[C@H](O[Si](C)(C)C(C)(C)C)[C@H]1NC(C)=O)[C@H]1COC(C)(C)O1. The molecule has 11 heteroatoms. The average Bonchev–Trinajstić information content (AvgIpc) is 3.10. The maximum atomic E-state index is 13.0. The molecule has 2 aliphatic heterocycles. The van der Waals surface area contributed by atoms with Gasteiger partial charge in [0.05, 0.1) is 25.9 Å². The Morgan fingerprint density at radius 2 is 1.80 bits per heavy atom. The van der Waals surface area contributed by atoms with Gasteiger partial charge in [-0.05, 0) is 38.9 Å². The lowest BCUT2D eigenvalue weighted by Crippen LogP contribution is -2.69. The van der Waals surface area contributed by atoms with Gasteiger partial charge in [0.2, 0.25) is 5.91 Å². The van der Waals surface area contributed by atoms with E-state index in [1.807, 2.05) is 20.8 Å². The smallest absolute Gasteiger partial charge is 0.366 e. The van der Waals surface area contributed by atoms with Crippen molar-refractivity contribution >= 4 is 20.2 Å². The van der Waals surface area contributed by atoms with Gasteiger partial charge in [-0.1, -0.05) is 20.8 Å². The average molecular weight is 520 g/mol. The summed E-state index contributed by atoms with van der Waals surface area (Å²) < 4.78 is 42.0.